The van der Waals surface area contributed by atoms with Gasteiger partial charge in [-0.3, -0.25) is 4.72 Å². The van der Waals surface area contributed by atoms with E-state index in [-0.39, 0.29) is 17.6 Å². The van der Waals surface area contributed by atoms with E-state index in [2.05, 4.69) is 45.8 Å². The van der Waals surface area contributed by atoms with E-state index in [1.54, 1.807) is 19.1 Å². The maximum Gasteiger partial charge on any atom is 0.233 e. The molecule has 0 radical (unpaired) electrons. The molecule has 0 aliphatic carbocycles. The Morgan fingerprint density at radius 3 is 2.30 bits per heavy atom. The molecule has 0 atom stereocenters. The smallest absolute Gasteiger partial charge is 0.233 e. The zero-order valence-corrected chi connectivity index (χ0v) is 14.4. The summed E-state index contributed by atoms with van der Waals surface area (Å²) in [6.45, 7) is 6.45. The molecule has 0 aliphatic heterocycles. The number of sulfonamides is 1. The van der Waals surface area contributed by atoms with Gasteiger partial charge in [-0.15, -0.1) is 10.2 Å². The molecule has 6 nitrogen and oxygen atoms in total. The van der Waals surface area contributed by atoms with Crippen LogP contribution in [0.15, 0.2) is 42.5 Å². The minimum absolute atomic E-state index is 0.00254. The second-order valence-electron chi connectivity index (χ2n) is 5.49. The zero-order valence-electron chi connectivity index (χ0n) is 13.6. The molecule has 1 N–H and O–H groups in total. The lowest BCUT2D eigenvalue weighted by atomic mass is 10.2. The number of benzene rings is 1. The van der Waals surface area contributed by atoms with Crippen LogP contribution in [0.5, 0.6) is 0 Å². The molecule has 0 saturated heterocycles. The van der Waals surface area contributed by atoms with Crippen LogP contribution in [0.1, 0.15) is 26.3 Å². The molecule has 124 valence electrons. The van der Waals surface area contributed by atoms with Crippen LogP contribution >= 0.6 is 0 Å². The predicted octanol–water partition coefficient (Wildman–Crippen LogP) is 2.65. The molecule has 0 spiro atoms. The summed E-state index contributed by atoms with van der Waals surface area (Å²) in [7, 11) is -3.34. The average Bonchev–Trinajstić information content (AvgIpc) is 2.54. The molecule has 1 heterocycles. The number of hydrogen-bond donors (Lipinski definition) is 1. The van der Waals surface area contributed by atoms with Crippen molar-refractivity contribution in [2.45, 2.75) is 33.4 Å². The fourth-order valence-corrected chi connectivity index (χ4v) is 2.64. The van der Waals surface area contributed by atoms with Crippen LogP contribution in [0.25, 0.3) is 0 Å². The molecule has 0 saturated carbocycles. The highest BCUT2D eigenvalue weighted by Crippen LogP contribution is 2.18. The van der Waals surface area contributed by atoms with Crippen molar-refractivity contribution in [3.63, 3.8) is 0 Å². The van der Waals surface area contributed by atoms with Gasteiger partial charge >= 0.3 is 0 Å². The van der Waals surface area contributed by atoms with Crippen molar-refractivity contribution in [2.75, 3.05) is 15.4 Å². The first kappa shape index (κ1) is 17.2. The molecule has 1 aromatic heterocycles. The van der Waals surface area contributed by atoms with Crippen molar-refractivity contribution < 1.29 is 8.42 Å². The summed E-state index contributed by atoms with van der Waals surface area (Å²) in [5.41, 5.74) is 1.18. The maximum absolute atomic E-state index is 11.5. The van der Waals surface area contributed by atoms with Crippen molar-refractivity contribution in [1.29, 1.82) is 0 Å². The lowest BCUT2D eigenvalue weighted by Crippen LogP contribution is -2.31. The van der Waals surface area contributed by atoms with Gasteiger partial charge in [0.25, 0.3) is 0 Å². The highest BCUT2D eigenvalue weighted by molar-refractivity contribution is 7.92. The van der Waals surface area contributed by atoms with Gasteiger partial charge in [0.05, 0.1) is 5.75 Å². The van der Waals surface area contributed by atoms with E-state index in [4.69, 9.17) is 0 Å². The summed E-state index contributed by atoms with van der Waals surface area (Å²) in [5.74, 6) is 0.949. The van der Waals surface area contributed by atoms with Gasteiger partial charge in [0.2, 0.25) is 10.0 Å². The van der Waals surface area contributed by atoms with Gasteiger partial charge in [-0.2, -0.15) is 0 Å². The van der Waals surface area contributed by atoms with E-state index < -0.39 is 10.0 Å². The molecule has 0 unspecified atom stereocenters. The fourth-order valence-electron chi connectivity index (χ4n) is 2.07. The van der Waals surface area contributed by atoms with E-state index in [0.717, 1.165) is 0 Å². The second kappa shape index (κ2) is 7.41. The maximum atomic E-state index is 11.5. The molecular weight excluding hydrogens is 312 g/mol. The highest BCUT2D eigenvalue weighted by atomic mass is 32.2. The normalized spacial score (nSPS) is 11.5. The number of nitrogens with one attached hydrogen (secondary N) is 1. The Labute approximate surface area is 137 Å². The van der Waals surface area contributed by atoms with Gasteiger partial charge in [-0.05, 0) is 38.5 Å². The minimum Gasteiger partial charge on any atom is -0.348 e. The molecule has 23 heavy (non-hydrogen) atoms. The molecule has 2 rings (SSSR count). The van der Waals surface area contributed by atoms with Gasteiger partial charge in [-0.25, -0.2) is 8.42 Å². The van der Waals surface area contributed by atoms with Gasteiger partial charge in [0, 0.05) is 12.6 Å². The number of rotatable bonds is 7. The average molecular weight is 334 g/mol. The number of anilines is 2. The molecule has 0 fully saturated rings. The van der Waals surface area contributed by atoms with Gasteiger partial charge < -0.3 is 4.90 Å². The summed E-state index contributed by atoms with van der Waals surface area (Å²) < 4.78 is 25.5. The Bertz CT molecular complexity index is 716. The van der Waals surface area contributed by atoms with E-state index in [0.29, 0.717) is 12.4 Å². The third-order valence-electron chi connectivity index (χ3n) is 3.40. The predicted molar refractivity (Wildman–Crippen MR) is 92.9 cm³/mol. The highest BCUT2D eigenvalue weighted by Gasteiger charge is 2.14. The molecule has 0 aliphatic rings. The Hall–Kier alpha value is -2.15. The first-order valence-corrected chi connectivity index (χ1v) is 9.21. The third kappa shape index (κ3) is 4.92. The Morgan fingerprint density at radius 1 is 1.09 bits per heavy atom. The molecule has 1 aromatic carbocycles. The van der Waals surface area contributed by atoms with Crippen molar-refractivity contribution in [3.05, 3.63) is 48.0 Å². The summed E-state index contributed by atoms with van der Waals surface area (Å²) in [4.78, 5) is 2.11. The van der Waals surface area contributed by atoms with Crippen molar-refractivity contribution in [3.8, 4) is 0 Å². The minimum atomic E-state index is -3.34. The van der Waals surface area contributed by atoms with E-state index >= 15 is 0 Å². The topological polar surface area (TPSA) is 75.2 Å². The fraction of sp³-hybridized carbons (Fsp3) is 0.375. The van der Waals surface area contributed by atoms with E-state index in [9.17, 15) is 8.42 Å². The zero-order chi connectivity index (χ0) is 16.9. The third-order valence-corrected chi connectivity index (χ3v) is 4.68. The SMILES string of the molecule is CCS(=O)(=O)Nc1ccc(N(Cc2ccccc2)C(C)C)nn1. The van der Waals surface area contributed by atoms with Crippen molar-refractivity contribution in [2.24, 2.45) is 0 Å². The second-order valence-corrected chi connectivity index (χ2v) is 7.50. The van der Waals surface area contributed by atoms with Crippen LogP contribution < -0.4 is 9.62 Å². The molecule has 7 heteroatoms. The lowest BCUT2D eigenvalue weighted by Gasteiger charge is -2.27. The van der Waals surface area contributed by atoms with Gasteiger partial charge in [0.15, 0.2) is 11.6 Å². The monoisotopic (exact) mass is 334 g/mol. The molecule has 0 bridgehead atoms. The Morgan fingerprint density at radius 2 is 1.78 bits per heavy atom. The summed E-state index contributed by atoms with van der Waals surface area (Å²) in [5, 5.41) is 8.14. The number of aromatic nitrogens is 2. The summed E-state index contributed by atoms with van der Waals surface area (Å²) in [6.07, 6.45) is 0. The van der Waals surface area contributed by atoms with E-state index in [1.165, 1.54) is 5.56 Å². The first-order chi connectivity index (χ1) is 10.9. The van der Waals surface area contributed by atoms with Crippen LogP contribution in [0.4, 0.5) is 11.6 Å². The van der Waals surface area contributed by atoms with E-state index in [1.807, 2.05) is 18.2 Å². The van der Waals surface area contributed by atoms with Crippen LogP contribution in [0, 0.1) is 0 Å². The molecular formula is C16H22N4O2S. The van der Waals surface area contributed by atoms with Crippen molar-refractivity contribution >= 4 is 21.7 Å². The molecule has 0 amide bonds. The lowest BCUT2D eigenvalue weighted by molar-refractivity contribution is 0.602. The van der Waals surface area contributed by atoms with Crippen LogP contribution in [-0.2, 0) is 16.6 Å². The summed E-state index contributed by atoms with van der Waals surface area (Å²) >= 11 is 0. The Balaban J connectivity index is 2.17. The van der Waals surface area contributed by atoms with Crippen LogP contribution in [-0.4, -0.2) is 30.4 Å². The van der Waals surface area contributed by atoms with Crippen LogP contribution in [0.3, 0.4) is 0 Å². The molecule has 2 aromatic rings. The quantitative estimate of drug-likeness (QED) is 0.842. The van der Waals surface area contributed by atoms with Gasteiger partial charge in [-0.1, -0.05) is 30.3 Å². The summed E-state index contributed by atoms with van der Waals surface area (Å²) in [6, 6.07) is 13.8. The van der Waals surface area contributed by atoms with Crippen molar-refractivity contribution in [1.82, 2.24) is 10.2 Å². The van der Waals surface area contributed by atoms with Gasteiger partial charge in [0.1, 0.15) is 0 Å². The Kier molecular flexibility index (Phi) is 5.54. The number of nitrogens with zero attached hydrogens (tertiary/aromatic N) is 3. The van der Waals surface area contributed by atoms with Crippen LogP contribution in [0.2, 0.25) is 0 Å². The standard InChI is InChI=1S/C16H22N4O2S/c1-4-23(21,22)19-15-10-11-16(18-17-15)20(13(2)3)12-14-8-6-5-7-9-14/h5-11,13H,4,12H2,1-3H3,(H,17,19). The first-order valence-electron chi connectivity index (χ1n) is 7.56. The largest absolute Gasteiger partial charge is 0.348 e. The number of hydrogen-bond acceptors (Lipinski definition) is 5.